The van der Waals surface area contributed by atoms with Gasteiger partial charge in [0.2, 0.25) is 5.91 Å². The van der Waals surface area contributed by atoms with Crippen molar-refractivity contribution in [3.8, 4) is 11.5 Å². The van der Waals surface area contributed by atoms with E-state index in [1.54, 1.807) is 12.1 Å². The zero-order valence-electron chi connectivity index (χ0n) is 14.3. The van der Waals surface area contributed by atoms with Crippen molar-refractivity contribution in [2.75, 3.05) is 13.7 Å². The summed E-state index contributed by atoms with van der Waals surface area (Å²) in [5.41, 5.74) is 6.15. The van der Waals surface area contributed by atoms with Crippen LogP contribution in [0.2, 0.25) is 5.02 Å². The van der Waals surface area contributed by atoms with E-state index in [2.05, 4.69) is 17.2 Å². The molecule has 3 N–H and O–H groups in total. The normalized spacial score (nSPS) is 26.3. The van der Waals surface area contributed by atoms with Crippen molar-refractivity contribution in [1.29, 1.82) is 0 Å². The minimum atomic E-state index is -0.606. The molecule has 1 aromatic heterocycles. The third-order valence-corrected chi connectivity index (χ3v) is 5.58. The lowest BCUT2D eigenvalue weighted by molar-refractivity contribution is -0.121. The lowest BCUT2D eigenvalue weighted by atomic mass is 10.1. The van der Waals surface area contributed by atoms with E-state index in [0.29, 0.717) is 45.9 Å². The first kappa shape index (κ1) is 16.9. The van der Waals surface area contributed by atoms with Crippen molar-refractivity contribution >= 4 is 34.3 Å². The average Bonchev–Trinajstić information content (AvgIpc) is 3.16. The Balaban J connectivity index is 1.67. The van der Waals surface area contributed by atoms with Crippen LogP contribution in [0.5, 0.6) is 11.5 Å². The molecule has 2 fully saturated rings. The first-order chi connectivity index (χ1) is 12.4. The van der Waals surface area contributed by atoms with E-state index in [1.807, 2.05) is 0 Å². The average molecular weight is 376 g/mol. The largest absolute Gasteiger partial charge is 0.496 e. The number of pyridine rings is 1. The van der Waals surface area contributed by atoms with Gasteiger partial charge < -0.3 is 20.5 Å². The van der Waals surface area contributed by atoms with E-state index in [-0.39, 0.29) is 23.4 Å². The number of hydrogen-bond acceptors (Lipinski definition) is 5. The number of rotatable bonds is 5. The molecular weight excluding hydrogens is 358 g/mol. The summed E-state index contributed by atoms with van der Waals surface area (Å²) in [6.45, 7) is 2.39. The lowest BCUT2D eigenvalue weighted by Gasteiger charge is -2.18. The molecule has 0 bridgehead atoms. The first-order valence-electron chi connectivity index (χ1n) is 8.31. The smallest absolute Gasteiger partial charge is 0.252 e. The molecule has 4 rings (SSSR count). The van der Waals surface area contributed by atoms with Crippen LogP contribution >= 0.6 is 11.6 Å². The van der Waals surface area contributed by atoms with Gasteiger partial charge in [-0.1, -0.05) is 18.5 Å². The molecule has 2 heterocycles. The van der Waals surface area contributed by atoms with E-state index in [9.17, 15) is 9.59 Å². The molecule has 0 spiro atoms. The lowest BCUT2D eigenvalue weighted by Crippen LogP contribution is -2.36. The third kappa shape index (κ3) is 2.54. The number of aromatic nitrogens is 1. The summed E-state index contributed by atoms with van der Waals surface area (Å²) in [6, 6.07) is 3.16. The van der Waals surface area contributed by atoms with E-state index in [4.69, 9.17) is 26.8 Å². The van der Waals surface area contributed by atoms with Gasteiger partial charge in [0.05, 0.1) is 24.2 Å². The number of benzene rings is 1. The Morgan fingerprint density at radius 3 is 2.81 bits per heavy atom. The highest BCUT2D eigenvalue weighted by Gasteiger charge is 2.61. The monoisotopic (exact) mass is 375 g/mol. The van der Waals surface area contributed by atoms with Crippen LogP contribution in [0.25, 0.3) is 10.9 Å². The maximum Gasteiger partial charge on any atom is 0.252 e. The number of carbonyl (C=O) groups is 2. The Hall–Kier alpha value is -2.54. The third-order valence-electron chi connectivity index (χ3n) is 5.31. The zero-order valence-corrected chi connectivity index (χ0v) is 15.0. The van der Waals surface area contributed by atoms with Crippen molar-refractivity contribution in [3.63, 3.8) is 0 Å². The molecule has 26 heavy (non-hydrogen) atoms. The van der Waals surface area contributed by atoms with Gasteiger partial charge in [0, 0.05) is 17.5 Å². The standard InChI is InChI=1S/C18H18ClN3O4/c1-7-14-12(22-18(24)15(7)14)6-26-16-8-4-13(25-2)9(17(20)23)3-11(8)21-5-10(16)19/h3-5,7,12,14-15H,6H2,1-2H3,(H2,20,23)(H,22,24)/t7-,12+,14+,15-/m1/s1. The van der Waals surface area contributed by atoms with Gasteiger partial charge in [-0.25, -0.2) is 0 Å². The van der Waals surface area contributed by atoms with Crippen molar-refractivity contribution < 1.29 is 19.1 Å². The SMILES string of the molecule is COc1cc2c(OC[C@@H]3NC(=O)[C@@H]4[C@H](C)[C@H]43)c(Cl)cnc2cc1C(N)=O. The molecule has 136 valence electrons. The summed E-state index contributed by atoms with van der Waals surface area (Å²) in [4.78, 5) is 27.7. The van der Waals surface area contributed by atoms with Gasteiger partial charge in [0.25, 0.3) is 5.91 Å². The molecule has 2 aliphatic rings. The predicted molar refractivity (Wildman–Crippen MR) is 95.4 cm³/mol. The van der Waals surface area contributed by atoms with Crippen LogP contribution in [0, 0.1) is 17.8 Å². The van der Waals surface area contributed by atoms with Gasteiger partial charge in [-0.15, -0.1) is 0 Å². The predicted octanol–water partition coefficient (Wildman–Crippen LogP) is 1.75. The van der Waals surface area contributed by atoms with Gasteiger partial charge in [-0.05, 0) is 24.0 Å². The summed E-state index contributed by atoms with van der Waals surface area (Å²) >= 11 is 6.28. The molecule has 1 aliphatic heterocycles. The second kappa shape index (κ2) is 6.02. The minimum Gasteiger partial charge on any atom is -0.496 e. The number of piperidine rings is 1. The first-order valence-corrected chi connectivity index (χ1v) is 8.69. The van der Waals surface area contributed by atoms with Gasteiger partial charge in [-0.3, -0.25) is 14.6 Å². The van der Waals surface area contributed by atoms with Gasteiger partial charge in [0.15, 0.2) is 0 Å². The van der Waals surface area contributed by atoms with Crippen molar-refractivity contribution in [2.45, 2.75) is 13.0 Å². The fraction of sp³-hybridized carbons (Fsp3) is 0.389. The summed E-state index contributed by atoms with van der Waals surface area (Å²) in [5.74, 6) is 1.05. The fourth-order valence-electron chi connectivity index (χ4n) is 3.90. The highest BCUT2D eigenvalue weighted by molar-refractivity contribution is 6.33. The number of methoxy groups -OCH3 is 1. The molecule has 1 saturated heterocycles. The summed E-state index contributed by atoms with van der Waals surface area (Å²) in [6.07, 6.45) is 1.46. The van der Waals surface area contributed by atoms with Crippen LogP contribution in [0.15, 0.2) is 18.3 Å². The van der Waals surface area contributed by atoms with Crippen molar-refractivity contribution in [1.82, 2.24) is 10.3 Å². The summed E-state index contributed by atoms with van der Waals surface area (Å²) in [5, 5.41) is 3.92. The topological polar surface area (TPSA) is 104 Å². The number of halogens is 1. The maximum absolute atomic E-state index is 11.8. The van der Waals surface area contributed by atoms with Crippen LogP contribution in [0.4, 0.5) is 0 Å². The Kier molecular flexibility index (Phi) is 3.91. The van der Waals surface area contributed by atoms with E-state index >= 15 is 0 Å². The number of hydrogen-bond donors (Lipinski definition) is 2. The van der Waals surface area contributed by atoms with Crippen LogP contribution in [-0.2, 0) is 4.79 Å². The second-order valence-electron chi connectivity index (χ2n) is 6.76. The number of amides is 2. The maximum atomic E-state index is 11.8. The number of primary amides is 1. The molecular formula is C18H18ClN3O4. The van der Waals surface area contributed by atoms with Crippen LogP contribution < -0.4 is 20.5 Å². The van der Waals surface area contributed by atoms with Gasteiger partial charge in [-0.2, -0.15) is 0 Å². The molecule has 0 unspecified atom stereocenters. The van der Waals surface area contributed by atoms with Crippen LogP contribution in [-0.4, -0.2) is 36.6 Å². The number of carbonyl (C=O) groups excluding carboxylic acids is 2. The quantitative estimate of drug-likeness (QED) is 0.828. The van der Waals surface area contributed by atoms with E-state index in [0.717, 1.165) is 0 Å². The molecule has 2 amide bonds. The summed E-state index contributed by atoms with van der Waals surface area (Å²) < 4.78 is 11.2. The summed E-state index contributed by atoms with van der Waals surface area (Å²) in [7, 11) is 1.45. The molecule has 7 nitrogen and oxygen atoms in total. The highest BCUT2D eigenvalue weighted by Crippen LogP contribution is 2.52. The molecule has 1 saturated carbocycles. The van der Waals surface area contributed by atoms with Gasteiger partial charge in [0.1, 0.15) is 23.1 Å². The second-order valence-corrected chi connectivity index (χ2v) is 7.16. The molecule has 4 atom stereocenters. The minimum absolute atomic E-state index is 0.0337. The Bertz CT molecular complexity index is 932. The molecule has 0 radical (unpaired) electrons. The number of nitrogens with two attached hydrogens (primary N) is 1. The van der Waals surface area contributed by atoms with Crippen LogP contribution in [0.3, 0.4) is 0 Å². The number of nitrogens with zero attached hydrogens (tertiary/aromatic N) is 1. The Labute approximate surface area is 154 Å². The molecule has 8 heteroatoms. The number of nitrogens with one attached hydrogen (secondary N) is 1. The highest BCUT2D eigenvalue weighted by atomic mass is 35.5. The fourth-order valence-corrected chi connectivity index (χ4v) is 4.11. The van der Waals surface area contributed by atoms with Crippen molar-refractivity contribution in [2.24, 2.45) is 23.5 Å². The number of ether oxygens (including phenoxy) is 2. The molecule has 1 aromatic carbocycles. The Morgan fingerprint density at radius 1 is 1.42 bits per heavy atom. The van der Waals surface area contributed by atoms with Crippen molar-refractivity contribution in [3.05, 3.63) is 28.9 Å². The zero-order chi connectivity index (χ0) is 18.6. The van der Waals surface area contributed by atoms with Crippen LogP contribution in [0.1, 0.15) is 17.3 Å². The van der Waals surface area contributed by atoms with E-state index in [1.165, 1.54) is 13.3 Å². The number of fused-ring (bicyclic) bond motifs is 2. The van der Waals surface area contributed by atoms with Gasteiger partial charge >= 0.3 is 0 Å². The van der Waals surface area contributed by atoms with E-state index < -0.39 is 5.91 Å². The Morgan fingerprint density at radius 2 is 2.19 bits per heavy atom. The molecule has 2 aromatic rings. The molecule has 1 aliphatic carbocycles.